The SMILES string of the molecule is [C-]#[N+]c1ccc(C(C(=O)NCc2ccc(C(=O)N3CCOCC3)cc2)N2C(=O)[C@@H]3Cc4ccccc4CN3C(=O)[C@@H]2CC2CCCCC2)cc1. The van der Waals surface area contributed by atoms with Crippen LogP contribution in [0.25, 0.3) is 4.85 Å². The van der Waals surface area contributed by atoms with E-state index in [1.165, 1.54) is 6.42 Å². The third-order valence-corrected chi connectivity index (χ3v) is 10.8. The third-order valence-electron chi connectivity index (χ3n) is 10.8. The van der Waals surface area contributed by atoms with E-state index in [4.69, 9.17) is 11.3 Å². The first-order valence-electron chi connectivity index (χ1n) is 17.8. The molecular weight excluding hydrogens is 630 g/mol. The molecule has 50 heavy (non-hydrogen) atoms. The van der Waals surface area contributed by atoms with Crippen LogP contribution >= 0.6 is 0 Å². The molecule has 3 aromatic carbocycles. The van der Waals surface area contributed by atoms with Gasteiger partial charge in [0.05, 0.1) is 19.8 Å². The molecule has 0 bridgehead atoms. The van der Waals surface area contributed by atoms with Crippen LogP contribution in [-0.4, -0.2) is 76.7 Å². The largest absolute Gasteiger partial charge is 0.378 e. The molecule has 3 atom stereocenters. The molecule has 3 aromatic rings. The quantitative estimate of drug-likeness (QED) is 0.331. The Morgan fingerprint density at radius 3 is 2.28 bits per heavy atom. The molecule has 2 saturated heterocycles. The maximum Gasteiger partial charge on any atom is 0.254 e. The van der Waals surface area contributed by atoms with Crippen molar-refractivity contribution in [1.29, 1.82) is 0 Å². The van der Waals surface area contributed by atoms with Gasteiger partial charge in [-0.1, -0.05) is 92.8 Å². The average Bonchev–Trinajstić information content (AvgIpc) is 3.17. The number of nitrogens with one attached hydrogen (secondary N) is 1. The van der Waals surface area contributed by atoms with Gasteiger partial charge in [-0.3, -0.25) is 19.2 Å². The Morgan fingerprint density at radius 2 is 1.58 bits per heavy atom. The van der Waals surface area contributed by atoms with Gasteiger partial charge in [0, 0.05) is 38.2 Å². The number of fused-ring (bicyclic) bond motifs is 2. The summed E-state index contributed by atoms with van der Waals surface area (Å²) >= 11 is 0. The Bertz CT molecular complexity index is 1770. The topological polar surface area (TPSA) is 104 Å². The lowest BCUT2D eigenvalue weighted by Crippen LogP contribution is -2.67. The molecular formula is C40H43N5O5. The third kappa shape index (κ3) is 6.88. The van der Waals surface area contributed by atoms with E-state index in [1.807, 2.05) is 36.4 Å². The van der Waals surface area contributed by atoms with Crippen molar-refractivity contribution in [2.75, 3.05) is 26.3 Å². The fourth-order valence-corrected chi connectivity index (χ4v) is 8.04. The van der Waals surface area contributed by atoms with Crippen LogP contribution in [0.2, 0.25) is 0 Å². The number of nitrogens with zero attached hydrogens (tertiary/aromatic N) is 4. The van der Waals surface area contributed by atoms with Crippen LogP contribution in [0.5, 0.6) is 0 Å². The summed E-state index contributed by atoms with van der Waals surface area (Å²) in [6.07, 6.45) is 6.27. The van der Waals surface area contributed by atoms with Gasteiger partial charge in [0.15, 0.2) is 5.69 Å². The van der Waals surface area contributed by atoms with E-state index in [0.717, 1.165) is 42.4 Å². The minimum Gasteiger partial charge on any atom is -0.378 e. The van der Waals surface area contributed by atoms with E-state index >= 15 is 0 Å². The normalized spacial score (nSPS) is 21.5. The van der Waals surface area contributed by atoms with E-state index in [1.54, 1.807) is 51.1 Å². The molecule has 3 aliphatic heterocycles. The predicted molar refractivity (Wildman–Crippen MR) is 187 cm³/mol. The standard InChI is InChI=1S/C40H43N5O5/c1-41-33-17-15-29(16-18-33)36(37(46)42-25-28-11-13-30(14-12-28)38(47)43-19-21-50-22-20-43)45-35(23-27-7-3-2-4-8-27)39(48)44-26-32-10-6-5-9-31(32)24-34(44)40(45)49/h5-6,9-18,27,34-36H,2-4,7-8,19-26H2,(H,42,46)/t34-,35-,36?/m0/s1. The first-order valence-corrected chi connectivity index (χ1v) is 17.8. The Labute approximate surface area is 293 Å². The minimum atomic E-state index is -1.07. The molecule has 10 heteroatoms. The highest BCUT2D eigenvalue weighted by Crippen LogP contribution is 2.39. The molecule has 1 unspecified atom stereocenters. The van der Waals surface area contributed by atoms with E-state index in [-0.39, 0.29) is 30.2 Å². The number of morpholine rings is 1. The molecule has 3 heterocycles. The summed E-state index contributed by atoms with van der Waals surface area (Å²) in [6, 6.07) is 19.3. The van der Waals surface area contributed by atoms with Gasteiger partial charge in [-0.05, 0) is 46.7 Å². The van der Waals surface area contributed by atoms with E-state index < -0.39 is 24.0 Å². The van der Waals surface area contributed by atoms with Crippen molar-refractivity contribution in [3.63, 3.8) is 0 Å². The summed E-state index contributed by atoms with van der Waals surface area (Å²) in [5.74, 6) is -0.489. The van der Waals surface area contributed by atoms with Crippen LogP contribution in [0.15, 0.2) is 72.8 Å². The zero-order valence-electron chi connectivity index (χ0n) is 28.3. The van der Waals surface area contributed by atoms with Crippen LogP contribution in [-0.2, 0) is 38.6 Å². The monoisotopic (exact) mass is 673 g/mol. The molecule has 1 saturated carbocycles. The van der Waals surface area contributed by atoms with Gasteiger partial charge in [-0.2, -0.15) is 0 Å². The van der Waals surface area contributed by atoms with Gasteiger partial charge in [0.1, 0.15) is 18.1 Å². The average molecular weight is 674 g/mol. The molecule has 0 spiro atoms. The van der Waals surface area contributed by atoms with Crippen LogP contribution < -0.4 is 5.32 Å². The van der Waals surface area contributed by atoms with Crippen molar-refractivity contribution in [2.24, 2.45) is 5.92 Å². The van der Waals surface area contributed by atoms with E-state index in [0.29, 0.717) is 62.5 Å². The fraction of sp³-hybridized carbons (Fsp3) is 0.425. The Balaban J connectivity index is 1.18. The minimum absolute atomic E-state index is 0.0523. The summed E-state index contributed by atoms with van der Waals surface area (Å²) in [4.78, 5) is 65.4. The molecule has 4 aliphatic rings. The molecule has 0 aromatic heterocycles. The molecule has 1 N–H and O–H groups in total. The van der Waals surface area contributed by atoms with Crippen molar-refractivity contribution in [3.05, 3.63) is 112 Å². The van der Waals surface area contributed by atoms with E-state index in [2.05, 4.69) is 10.2 Å². The van der Waals surface area contributed by atoms with Crippen LogP contribution in [0, 0.1) is 12.5 Å². The number of ether oxygens (including phenoxy) is 1. The number of benzene rings is 3. The van der Waals surface area contributed by atoms with Crippen molar-refractivity contribution in [1.82, 2.24) is 20.0 Å². The fourth-order valence-electron chi connectivity index (χ4n) is 8.04. The zero-order valence-corrected chi connectivity index (χ0v) is 28.3. The molecule has 1 aliphatic carbocycles. The number of hydrogen-bond acceptors (Lipinski definition) is 5. The summed E-state index contributed by atoms with van der Waals surface area (Å²) in [5.41, 5.74) is 4.44. The van der Waals surface area contributed by atoms with Crippen LogP contribution in [0.3, 0.4) is 0 Å². The second-order valence-corrected chi connectivity index (χ2v) is 13.9. The van der Waals surface area contributed by atoms with Gasteiger partial charge in [0.25, 0.3) is 5.91 Å². The molecule has 3 fully saturated rings. The molecule has 4 amide bonds. The lowest BCUT2D eigenvalue weighted by Gasteiger charge is -2.50. The summed E-state index contributed by atoms with van der Waals surface area (Å²) in [6.45, 7) is 10.2. The summed E-state index contributed by atoms with van der Waals surface area (Å²) in [5, 5.41) is 3.05. The van der Waals surface area contributed by atoms with E-state index in [9.17, 15) is 19.2 Å². The Morgan fingerprint density at radius 1 is 0.880 bits per heavy atom. The second kappa shape index (κ2) is 14.9. The number of hydrogen-bond donors (Lipinski definition) is 1. The van der Waals surface area contributed by atoms with Gasteiger partial charge in [-0.25, -0.2) is 4.85 Å². The number of carbonyl (C=O) groups excluding carboxylic acids is 4. The molecule has 7 rings (SSSR count). The number of carbonyl (C=O) groups is 4. The molecule has 0 radical (unpaired) electrons. The van der Waals surface area contributed by atoms with Crippen molar-refractivity contribution >= 4 is 29.3 Å². The number of amides is 4. The highest BCUT2D eigenvalue weighted by atomic mass is 16.5. The van der Waals surface area contributed by atoms with Crippen molar-refractivity contribution in [3.8, 4) is 0 Å². The van der Waals surface area contributed by atoms with Gasteiger partial charge in [-0.15, -0.1) is 0 Å². The first kappa shape index (κ1) is 33.5. The van der Waals surface area contributed by atoms with Gasteiger partial charge < -0.3 is 24.8 Å². The van der Waals surface area contributed by atoms with Crippen LogP contribution in [0.4, 0.5) is 5.69 Å². The molecule has 258 valence electrons. The first-order chi connectivity index (χ1) is 24.4. The van der Waals surface area contributed by atoms with Crippen molar-refractivity contribution in [2.45, 2.75) is 76.2 Å². The number of piperazine rings is 1. The summed E-state index contributed by atoms with van der Waals surface area (Å²) < 4.78 is 5.37. The van der Waals surface area contributed by atoms with Crippen LogP contribution in [0.1, 0.15) is 77.2 Å². The number of rotatable bonds is 8. The maximum atomic E-state index is 14.8. The lowest BCUT2D eigenvalue weighted by molar-refractivity contribution is -0.169. The highest BCUT2D eigenvalue weighted by Gasteiger charge is 2.51. The van der Waals surface area contributed by atoms with Gasteiger partial charge in [0.2, 0.25) is 17.7 Å². The predicted octanol–water partition coefficient (Wildman–Crippen LogP) is 5.20. The highest BCUT2D eigenvalue weighted by molar-refractivity contribution is 6.00. The smallest absolute Gasteiger partial charge is 0.254 e. The Hall–Kier alpha value is -5.01. The zero-order chi connectivity index (χ0) is 34.6. The summed E-state index contributed by atoms with van der Waals surface area (Å²) in [7, 11) is 0. The Kier molecular flexibility index (Phi) is 9.95. The molecule has 10 nitrogen and oxygen atoms in total. The maximum absolute atomic E-state index is 14.8. The van der Waals surface area contributed by atoms with Gasteiger partial charge >= 0.3 is 0 Å². The van der Waals surface area contributed by atoms with Crippen molar-refractivity contribution < 1.29 is 23.9 Å². The second-order valence-electron chi connectivity index (χ2n) is 13.9. The lowest BCUT2D eigenvalue weighted by atomic mass is 9.81.